The van der Waals surface area contributed by atoms with Crippen LogP contribution in [0.5, 0.6) is 0 Å². The lowest BCUT2D eigenvalue weighted by molar-refractivity contribution is -0.297. The van der Waals surface area contributed by atoms with Crippen molar-refractivity contribution >= 4 is 0 Å². The first-order chi connectivity index (χ1) is 4.79. The van der Waals surface area contributed by atoms with E-state index in [0.717, 1.165) is 13.8 Å². The van der Waals surface area contributed by atoms with Crippen LogP contribution in [-0.4, -0.2) is 12.0 Å². The van der Waals surface area contributed by atoms with E-state index in [1.165, 1.54) is 0 Å². The van der Waals surface area contributed by atoms with Crippen molar-refractivity contribution in [2.45, 2.75) is 25.9 Å². The first-order valence-corrected chi connectivity index (χ1v) is 2.91. The van der Waals surface area contributed by atoms with Crippen molar-refractivity contribution in [3.05, 3.63) is 11.3 Å². The number of halogens is 4. The Hall–Kier alpha value is -0.740. The zero-order valence-electron chi connectivity index (χ0n) is 5.92. The minimum Gasteiger partial charge on any atom is -0.432 e. The molecular formula is C6H6F4O. The molecule has 0 aromatic rings. The first kappa shape index (κ1) is 8.36. The van der Waals surface area contributed by atoms with Crippen molar-refractivity contribution in [2.75, 3.05) is 0 Å². The van der Waals surface area contributed by atoms with Crippen molar-refractivity contribution in [1.82, 2.24) is 0 Å². The molecule has 0 N–H and O–H groups in total. The fraction of sp³-hybridized carbons (Fsp3) is 0.667. The molecule has 1 heterocycles. The summed E-state index contributed by atoms with van der Waals surface area (Å²) in [5.74, 6) is -4.56. The summed E-state index contributed by atoms with van der Waals surface area (Å²) < 4.78 is 53.0. The van der Waals surface area contributed by atoms with Crippen molar-refractivity contribution in [3.63, 3.8) is 0 Å². The molecule has 1 rings (SSSR count). The largest absolute Gasteiger partial charge is 0.468 e. The minimum absolute atomic E-state index is 0.403. The lowest BCUT2D eigenvalue weighted by Crippen LogP contribution is -2.37. The van der Waals surface area contributed by atoms with E-state index in [-0.39, 0.29) is 0 Å². The maximum atomic E-state index is 12.4. The van der Waals surface area contributed by atoms with E-state index in [2.05, 4.69) is 4.74 Å². The van der Waals surface area contributed by atoms with Crippen LogP contribution in [0.15, 0.2) is 11.3 Å². The zero-order chi connectivity index (χ0) is 8.86. The van der Waals surface area contributed by atoms with E-state index in [4.69, 9.17) is 0 Å². The van der Waals surface area contributed by atoms with E-state index >= 15 is 0 Å². The van der Waals surface area contributed by atoms with Gasteiger partial charge in [0.25, 0.3) is 0 Å². The molecule has 0 aromatic carbocycles. The van der Waals surface area contributed by atoms with Gasteiger partial charge >= 0.3 is 12.0 Å². The van der Waals surface area contributed by atoms with Crippen LogP contribution in [0.1, 0.15) is 13.8 Å². The lowest BCUT2D eigenvalue weighted by atomic mass is 10.1. The molecule has 0 aliphatic carbocycles. The average Bonchev–Trinajstić information content (AvgIpc) is 1.93. The molecule has 0 unspecified atom stereocenters. The van der Waals surface area contributed by atoms with Crippen LogP contribution in [0.4, 0.5) is 17.6 Å². The second kappa shape index (κ2) is 1.89. The third-order valence-corrected chi connectivity index (χ3v) is 1.65. The standard InChI is InChI=1S/C6H6F4O/c1-3-4(2)11-6(9,10)5(3,7)8/h1-2H3. The molecule has 5 heteroatoms. The third kappa shape index (κ3) is 0.902. The van der Waals surface area contributed by atoms with Gasteiger partial charge in [-0.3, -0.25) is 0 Å². The van der Waals surface area contributed by atoms with Crippen molar-refractivity contribution in [3.8, 4) is 0 Å². The van der Waals surface area contributed by atoms with Gasteiger partial charge in [0.15, 0.2) is 0 Å². The molecule has 0 radical (unpaired) electrons. The molecule has 0 saturated carbocycles. The number of hydrogen-bond donors (Lipinski definition) is 0. The lowest BCUT2D eigenvalue weighted by Gasteiger charge is -2.17. The van der Waals surface area contributed by atoms with E-state index in [1.807, 2.05) is 0 Å². The Morgan fingerprint density at radius 3 is 1.64 bits per heavy atom. The fourth-order valence-electron chi connectivity index (χ4n) is 0.772. The van der Waals surface area contributed by atoms with Crippen LogP contribution in [0, 0.1) is 0 Å². The van der Waals surface area contributed by atoms with Crippen LogP contribution >= 0.6 is 0 Å². The quantitative estimate of drug-likeness (QED) is 0.507. The number of allylic oxidation sites excluding steroid dienone is 1. The number of ether oxygens (including phenoxy) is 1. The SMILES string of the molecule is CC1=C(C)C(F)(F)C(F)(F)O1. The molecule has 1 aliphatic rings. The van der Waals surface area contributed by atoms with E-state index < -0.39 is 23.4 Å². The van der Waals surface area contributed by atoms with E-state index in [9.17, 15) is 17.6 Å². The van der Waals surface area contributed by atoms with Gasteiger partial charge in [-0.05, 0) is 13.8 Å². The Balaban J connectivity index is 3.08. The average molecular weight is 170 g/mol. The molecule has 0 fully saturated rings. The second-order valence-corrected chi connectivity index (χ2v) is 2.37. The Morgan fingerprint density at radius 2 is 1.55 bits per heavy atom. The summed E-state index contributed by atoms with van der Waals surface area (Å²) in [5.41, 5.74) is -0.706. The molecular weight excluding hydrogens is 164 g/mol. The highest BCUT2D eigenvalue weighted by Crippen LogP contribution is 2.48. The van der Waals surface area contributed by atoms with Gasteiger partial charge in [0.2, 0.25) is 0 Å². The molecule has 0 bridgehead atoms. The monoisotopic (exact) mass is 170 g/mol. The van der Waals surface area contributed by atoms with Gasteiger partial charge < -0.3 is 4.74 Å². The van der Waals surface area contributed by atoms with Gasteiger partial charge in [-0.25, -0.2) is 0 Å². The van der Waals surface area contributed by atoms with Crippen LogP contribution < -0.4 is 0 Å². The second-order valence-electron chi connectivity index (χ2n) is 2.37. The molecule has 11 heavy (non-hydrogen) atoms. The van der Waals surface area contributed by atoms with Gasteiger partial charge in [-0.15, -0.1) is 0 Å². The van der Waals surface area contributed by atoms with Crippen molar-refractivity contribution in [1.29, 1.82) is 0 Å². The summed E-state index contributed by atoms with van der Waals surface area (Å²) in [5, 5.41) is 0. The van der Waals surface area contributed by atoms with Crippen molar-refractivity contribution in [2.24, 2.45) is 0 Å². The predicted octanol–water partition coefficient (Wildman–Crippen LogP) is 2.54. The summed E-state index contributed by atoms with van der Waals surface area (Å²) in [6, 6.07) is 0. The Bertz CT molecular complexity index is 219. The first-order valence-electron chi connectivity index (χ1n) is 2.91. The van der Waals surface area contributed by atoms with Gasteiger partial charge in [-0.2, -0.15) is 17.6 Å². The molecule has 0 aromatic heterocycles. The summed E-state index contributed by atoms with van der Waals surface area (Å²) in [6.45, 7) is 2.01. The molecule has 0 amide bonds. The molecule has 0 atom stereocenters. The Labute approximate surface area is 60.6 Å². The Morgan fingerprint density at radius 1 is 1.09 bits per heavy atom. The van der Waals surface area contributed by atoms with Gasteiger partial charge in [0.1, 0.15) is 5.76 Å². The fourth-order valence-corrected chi connectivity index (χ4v) is 0.772. The molecule has 64 valence electrons. The third-order valence-electron chi connectivity index (χ3n) is 1.65. The van der Waals surface area contributed by atoms with E-state index in [0.29, 0.717) is 0 Å². The molecule has 0 saturated heterocycles. The van der Waals surface area contributed by atoms with Crippen LogP contribution in [0.2, 0.25) is 0 Å². The van der Waals surface area contributed by atoms with Crippen LogP contribution in [0.3, 0.4) is 0 Å². The highest BCUT2D eigenvalue weighted by molar-refractivity contribution is 5.21. The summed E-state index contributed by atoms with van der Waals surface area (Å²) in [7, 11) is 0. The highest BCUT2D eigenvalue weighted by Gasteiger charge is 2.65. The predicted molar refractivity (Wildman–Crippen MR) is 29.4 cm³/mol. The Kier molecular flexibility index (Phi) is 1.44. The van der Waals surface area contributed by atoms with Crippen LogP contribution in [-0.2, 0) is 4.74 Å². The number of rotatable bonds is 0. The molecule has 1 aliphatic heterocycles. The maximum absolute atomic E-state index is 12.4. The molecule has 0 spiro atoms. The van der Waals surface area contributed by atoms with Gasteiger partial charge in [-0.1, -0.05) is 0 Å². The van der Waals surface area contributed by atoms with Crippen molar-refractivity contribution < 1.29 is 22.3 Å². The van der Waals surface area contributed by atoms with Gasteiger partial charge in [0, 0.05) is 5.57 Å². The number of hydrogen-bond acceptors (Lipinski definition) is 1. The van der Waals surface area contributed by atoms with Gasteiger partial charge in [0.05, 0.1) is 0 Å². The zero-order valence-corrected chi connectivity index (χ0v) is 5.92. The topological polar surface area (TPSA) is 9.23 Å². The van der Waals surface area contributed by atoms with Crippen LogP contribution in [0.25, 0.3) is 0 Å². The molecule has 1 nitrogen and oxygen atoms in total. The normalized spacial score (nSPS) is 27.1. The summed E-state index contributed by atoms with van der Waals surface area (Å²) in [6.07, 6.45) is -4.37. The summed E-state index contributed by atoms with van der Waals surface area (Å²) in [4.78, 5) is 0. The highest BCUT2D eigenvalue weighted by atomic mass is 19.3. The maximum Gasteiger partial charge on any atom is 0.468 e. The number of alkyl halides is 4. The minimum atomic E-state index is -4.37. The smallest absolute Gasteiger partial charge is 0.432 e. The summed E-state index contributed by atoms with van der Waals surface area (Å²) >= 11 is 0. The van der Waals surface area contributed by atoms with E-state index in [1.54, 1.807) is 0 Å².